The van der Waals surface area contributed by atoms with Crippen molar-refractivity contribution in [1.29, 1.82) is 0 Å². The average Bonchev–Trinajstić information content (AvgIpc) is 3.68. The van der Waals surface area contributed by atoms with Crippen molar-refractivity contribution < 1.29 is 14.3 Å². The molecule has 2 aromatic rings. The smallest absolute Gasteiger partial charge is 0.251 e. The highest BCUT2D eigenvalue weighted by Crippen LogP contribution is 2.44. The summed E-state index contributed by atoms with van der Waals surface area (Å²) < 4.78 is 5.87. The van der Waals surface area contributed by atoms with Crippen molar-refractivity contribution in [3.8, 4) is 5.75 Å². The lowest BCUT2D eigenvalue weighted by Crippen LogP contribution is -2.51. The Kier molecular flexibility index (Phi) is 10.7. The highest BCUT2D eigenvalue weighted by atomic mass is 16.5. The molecule has 2 aromatic carbocycles. The summed E-state index contributed by atoms with van der Waals surface area (Å²) in [6.07, 6.45) is 7.98. The SMILES string of the molecule is CN(C)CCCOc1ccc(CN2CCC(C(=O)N3CCN(Cc4ccc(C(=O)NC5CC6CCC5C6)cc4)CC3)CC2)cc1. The molecule has 8 heteroatoms. The number of amides is 2. The minimum absolute atomic E-state index is 0.0721. The van der Waals surface area contributed by atoms with Gasteiger partial charge in [-0.05, 0) is 113 Å². The number of hydrogen-bond acceptors (Lipinski definition) is 6. The van der Waals surface area contributed by atoms with Crippen LogP contribution in [-0.4, -0.2) is 104 Å². The Morgan fingerprint density at radius 1 is 0.800 bits per heavy atom. The van der Waals surface area contributed by atoms with E-state index in [2.05, 4.69) is 75.4 Å². The van der Waals surface area contributed by atoms with Crippen LogP contribution in [0.1, 0.15) is 66.4 Å². The van der Waals surface area contributed by atoms with Gasteiger partial charge in [0.1, 0.15) is 5.75 Å². The number of carbonyl (C=O) groups is 2. The molecule has 6 rings (SSSR count). The van der Waals surface area contributed by atoms with Gasteiger partial charge in [0, 0.05) is 63.3 Å². The van der Waals surface area contributed by atoms with Gasteiger partial charge in [-0.15, -0.1) is 0 Å². The summed E-state index contributed by atoms with van der Waals surface area (Å²) in [7, 11) is 4.17. The van der Waals surface area contributed by atoms with E-state index >= 15 is 0 Å². The van der Waals surface area contributed by atoms with Crippen molar-refractivity contribution in [3.05, 3.63) is 65.2 Å². The Morgan fingerprint density at radius 3 is 2.04 bits per heavy atom. The first-order valence-electron chi connectivity index (χ1n) is 17.4. The van der Waals surface area contributed by atoms with Gasteiger partial charge in [-0.2, -0.15) is 0 Å². The predicted molar refractivity (Wildman–Crippen MR) is 178 cm³/mol. The van der Waals surface area contributed by atoms with Crippen LogP contribution in [-0.2, 0) is 17.9 Å². The Labute approximate surface area is 270 Å². The third kappa shape index (κ3) is 8.66. The molecule has 2 amide bonds. The van der Waals surface area contributed by atoms with Gasteiger partial charge in [0.2, 0.25) is 5.91 Å². The first-order valence-corrected chi connectivity index (χ1v) is 17.4. The highest BCUT2D eigenvalue weighted by Gasteiger charge is 2.40. The zero-order valence-corrected chi connectivity index (χ0v) is 27.5. The summed E-state index contributed by atoms with van der Waals surface area (Å²) in [6, 6.07) is 17.0. The van der Waals surface area contributed by atoms with E-state index in [1.165, 1.54) is 30.4 Å². The zero-order valence-electron chi connectivity index (χ0n) is 27.5. The van der Waals surface area contributed by atoms with Crippen molar-refractivity contribution >= 4 is 11.8 Å². The van der Waals surface area contributed by atoms with Crippen LogP contribution in [0.15, 0.2) is 48.5 Å². The number of nitrogens with zero attached hydrogens (tertiary/aromatic N) is 4. The number of carbonyl (C=O) groups excluding carboxylic acids is 2. The monoisotopic (exact) mass is 615 g/mol. The second-order valence-corrected chi connectivity index (χ2v) is 14.3. The molecule has 2 aliphatic heterocycles. The summed E-state index contributed by atoms with van der Waals surface area (Å²) >= 11 is 0. The van der Waals surface area contributed by atoms with E-state index in [9.17, 15) is 9.59 Å². The fourth-order valence-electron chi connectivity index (χ4n) is 7.94. The topological polar surface area (TPSA) is 68.4 Å². The number of likely N-dealkylation sites (tertiary alicyclic amines) is 1. The maximum Gasteiger partial charge on any atom is 0.251 e. The molecule has 2 heterocycles. The van der Waals surface area contributed by atoms with Crippen LogP contribution >= 0.6 is 0 Å². The fourth-order valence-corrected chi connectivity index (χ4v) is 7.94. The predicted octanol–water partition coefficient (Wildman–Crippen LogP) is 4.49. The summed E-state index contributed by atoms with van der Waals surface area (Å²) in [5, 5.41) is 3.30. The number of rotatable bonds is 12. The Bertz CT molecular complexity index is 1250. The third-order valence-corrected chi connectivity index (χ3v) is 10.6. The van der Waals surface area contributed by atoms with Crippen LogP contribution < -0.4 is 10.1 Å². The first-order chi connectivity index (χ1) is 21.9. The number of fused-ring (bicyclic) bond motifs is 2. The average molecular weight is 616 g/mol. The Balaban J connectivity index is 0.872. The van der Waals surface area contributed by atoms with Crippen LogP contribution in [0.4, 0.5) is 0 Å². The molecular formula is C37H53N5O3. The van der Waals surface area contributed by atoms with E-state index in [0.29, 0.717) is 17.9 Å². The molecule has 4 fully saturated rings. The molecule has 244 valence electrons. The summed E-state index contributed by atoms with van der Waals surface area (Å²) in [6.45, 7) is 8.88. The van der Waals surface area contributed by atoms with Crippen LogP contribution in [0.25, 0.3) is 0 Å². The second kappa shape index (κ2) is 15.1. The Morgan fingerprint density at radius 2 is 1.44 bits per heavy atom. The van der Waals surface area contributed by atoms with E-state index < -0.39 is 0 Å². The van der Waals surface area contributed by atoms with Gasteiger partial charge in [-0.3, -0.25) is 19.4 Å². The van der Waals surface area contributed by atoms with E-state index in [4.69, 9.17) is 4.74 Å². The van der Waals surface area contributed by atoms with Crippen LogP contribution in [0.3, 0.4) is 0 Å². The van der Waals surface area contributed by atoms with Crippen molar-refractivity contribution in [2.75, 3.05) is 66.5 Å². The number of nitrogens with one attached hydrogen (secondary N) is 1. The molecule has 0 spiro atoms. The van der Waals surface area contributed by atoms with Crippen molar-refractivity contribution in [1.82, 2.24) is 24.9 Å². The van der Waals surface area contributed by atoms with E-state index in [-0.39, 0.29) is 11.8 Å². The van der Waals surface area contributed by atoms with E-state index in [0.717, 1.165) is 108 Å². The first kappa shape index (κ1) is 32.0. The number of piperidine rings is 1. The van der Waals surface area contributed by atoms with Gasteiger partial charge in [0.25, 0.3) is 5.91 Å². The largest absolute Gasteiger partial charge is 0.494 e. The van der Waals surface area contributed by atoms with E-state index in [1.807, 2.05) is 12.1 Å². The summed E-state index contributed by atoms with van der Waals surface area (Å²) in [5.74, 6) is 3.01. The lowest BCUT2D eigenvalue weighted by molar-refractivity contribution is -0.139. The molecule has 0 aromatic heterocycles. The van der Waals surface area contributed by atoms with Gasteiger partial charge < -0.3 is 19.9 Å². The molecule has 4 aliphatic rings. The fraction of sp³-hybridized carbons (Fsp3) is 0.622. The molecule has 3 atom stereocenters. The standard InChI is InChI=1S/C37H53N5O3/c1-39(2)16-3-23-45-34-12-7-29(8-13-34)26-40-17-14-32(15-18-40)37(44)42-21-19-41(20-22-42)27-28-4-9-31(10-5-28)36(43)38-35-25-30-6-11-33(35)24-30/h4-5,7-10,12-13,30,32-33,35H,3,6,11,14-27H2,1-2H3,(H,38,43). The lowest BCUT2D eigenvalue weighted by atomic mass is 9.94. The molecule has 2 bridgehead atoms. The van der Waals surface area contributed by atoms with Crippen LogP contribution in [0.5, 0.6) is 5.75 Å². The van der Waals surface area contributed by atoms with Crippen molar-refractivity contribution in [3.63, 3.8) is 0 Å². The van der Waals surface area contributed by atoms with Crippen LogP contribution in [0, 0.1) is 17.8 Å². The number of benzene rings is 2. The summed E-state index contributed by atoms with van der Waals surface area (Å²) in [5.41, 5.74) is 3.28. The molecule has 2 saturated carbocycles. The van der Waals surface area contributed by atoms with Gasteiger partial charge >= 0.3 is 0 Å². The minimum Gasteiger partial charge on any atom is -0.494 e. The van der Waals surface area contributed by atoms with E-state index in [1.54, 1.807) is 0 Å². The molecular weight excluding hydrogens is 562 g/mol. The van der Waals surface area contributed by atoms with Crippen LogP contribution in [0.2, 0.25) is 0 Å². The number of hydrogen-bond donors (Lipinski definition) is 1. The second-order valence-electron chi connectivity index (χ2n) is 14.3. The normalized spacial score (nSPS) is 24.3. The molecule has 1 N–H and O–H groups in total. The minimum atomic E-state index is 0.0721. The van der Waals surface area contributed by atoms with Crippen molar-refractivity contribution in [2.45, 2.75) is 64.1 Å². The lowest BCUT2D eigenvalue weighted by Gasteiger charge is -2.38. The molecule has 8 nitrogen and oxygen atoms in total. The molecule has 0 radical (unpaired) electrons. The number of piperazine rings is 1. The van der Waals surface area contributed by atoms with Gasteiger partial charge in [0.15, 0.2) is 0 Å². The third-order valence-electron chi connectivity index (χ3n) is 10.6. The summed E-state index contributed by atoms with van der Waals surface area (Å²) in [4.78, 5) is 35.3. The van der Waals surface area contributed by atoms with Crippen molar-refractivity contribution in [2.24, 2.45) is 17.8 Å². The maximum absolute atomic E-state index is 13.4. The molecule has 2 aliphatic carbocycles. The molecule has 3 unspecified atom stereocenters. The van der Waals surface area contributed by atoms with Gasteiger partial charge in [0.05, 0.1) is 6.61 Å². The molecule has 2 saturated heterocycles. The zero-order chi connectivity index (χ0) is 31.2. The maximum atomic E-state index is 13.4. The van der Waals surface area contributed by atoms with Gasteiger partial charge in [-0.25, -0.2) is 0 Å². The quantitative estimate of drug-likeness (QED) is 0.355. The highest BCUT2D eigenvalue weighted by molar-refractivity contribution is 5.94. The number of ether oxygens (including phenoxy) is 1. The van der Waals surface area contributed by atoms with Gasteiger partial charge in [-0.1, -0.05) is 30.7 Å². The Hall–Kier alpha value is -2.94. The molecule has 45 heavy (non-hydrogen) atoms.